The van der Waals surface area contributed by atoms with Crippen LogP contribution in [0.2, 0.25) is 5.02 Å². The number of nitrogens with zero attached hydrogens (tertiary/aromatic N) is 2. The first-order valence-corrected chi connectivity index (χ1v) is 13.2. The van der Waals surface area contributed by atoms with Gasteiger partial charge >= 0.3 is 18.2 Å². The van der Waals surface area contributed by atoms with E-state index in [1.807, 2.05) is 18.2 Å². The molecule has 2 rings (SSSR count). The summed E-state index contributed by atoms with van der Waals surface area (Å²) in [6.07, 6.45) is 5.20. The van der Waals surface area contributed by atoms with Gasteiger partial charge in [-0.15, -0.1) is 0 Å². The van der Waals surface area contributed by atoms with Gasteiger partial charge in [-0.3, -0.25) is 0 Å². The van der Waals surface area contributed by atoms with Crippen molar-refractivity contribution in [2.75, 3.05) is 47.4 Å². The van der Waals surface area contributed by atoms with Crippen LogP contribution >= 0.6 is 11.6 Å². The second kappa shape index (κ2) is 16.2. The van der Waals surface area contributed by atoms with Gasteiger partial charge in [0.2, 0.25) is 0 Å². The van der Waals surface area contributed by atoms with Gasteiger partial charge in [-0.05, 0) is 36.5 Å². The van der Waals surface area contributed by atoms with Crippen LogP contribution in [0.1, 0.15) is 56.6 Å². The molecule has 0 saturated heterocycles. The number of carbonyl (C=O) groups excluding carboxylic acids is 2. The van der Waals surface area contributed by atoms with Crippen molar-refractivity contribution in [3.63, 3.8) is 0 Å². The second-order valence-electron chi connectivity index (χ2n) is 9.59. The van der Waals surface area contributed by atoms with Crippen molar-refractivity contribution in [2.45, 2.75) is 57.1 Å². The minimum atomic E-state index is -1.01. The van der Waals surface area contributed by atoms with Crippen molar-refractivity contribution >= 4 is 29.8 Å². The van der Waals surface area contributed by atoms with E-state index in [2.05, 4.69) is 15.4 Å². The first-order chi connectivity index (χ1) is 17.7. The zero-order valence-electron chi connectivity index (χ0n) is 22.1. The highest BCUT2D eigenvalue weighted by atomic mass is 35.5. The van der Waals surface area contributed by atoms with E-state index < -0.39 is 12.2 Å². The molecule has 1 saturated carbocycles. The number of alkyl carbamates (subject to hydrolysis) is 1. The predicted molar refractivity (Wildman–Crippen MR) is 142 cm³/mol. The lowest BCUT2D eigenvalue weighted by molar-refractivity contribution is 0.0438. The van der Waals surface area contributed by atoms with Crippen molar-refractivity contribution < 1.29 is 29.0 Å². The van der Waals surface area contributed by atoms with Crippen LogP contribution in [0.3, 0.4) is 0 Å². The number of rotatable bonds is 13. The fraction of sp³-hybridized carbons (Fsp3) is 0.654. The van der Waals surface area contributed by atoms with Crippen molar-refractivity contribution in [1.82, 2.24) is 20.4 Å². The smallest absolute Gasteiger partial charge is 0.407 e. The predicted octanol–water partition coefficient (Wildman–Crippen LogP) is 4.73. The standard InChI is InChI=1S/C26H41ClN4O6/c1-30(24(32)29-22(18-31(2)26(34)35)16-19-8-5-4-6-9-19)14-12-23(20-10-7-11-21(27)17-20)37-15-13-28-25(33)36-3/h7,10-11,17,19,22-23H,4-6,8-9,12-16,18H2,1-3H3,(H,28,33)(H,29,32)(H,34,35)/t22-,23?/m1/s1. The average Bonchev–Trinajstić information content (AvgIpc) is 2.88. The Labute approximate surface area is 224 Å². The summed E-state index contributed by atoms with van der Waals surface area (Å²) in [5, 5.41) is 15.5. The van der Waals surface area contributed by atoms with Crippen LogP contribution in [0.25, 0.3) is 0 Å². The van der Waals surface area contributed by atoms with E-state index in [9.17, 15) is 19.5 Å². The molecule has 0 bridgehead atoms. The van der Waals surface area contributed by atoms with Crippen LogP contribution in [0, 0.1) is 5.92 Å². The molecular formula is C26H41ClN4O6. The van der Waals surface area contributed by atoms with Gasteiger partial charge < -0.3 is 35.0 Å². The van der Waals surface area contributed by atoms with Gasteiger partial charge in [0.1, 0.15) is 0 Å². The first-order valence-electron chi connectivity index (χ1n) is 12.8. The molecule has 1 aromatic rings. The number of halogens is 1. The lowest BCUT2D eigenvalue weighted by Crippen LogP contribution is -2.49. The van der Waals surface area contributed by atoms with E-state index in [1.54, 1.807) is 18.0 Å². The highest BCUT2D eigenvalue weighted by Crippen LogP contribution is 2.28. The van der Waals surface area contributed by atoms with Gasteiger partial charge in [0, 0.05) is 44.8 Å². The van der Waals surface area contributed by atoms with E-state index in [0.29, 0.717) is 23.9 Å². The Kier molecular flexibility index (Phi) is 13.3. The fourth-order valence-corrected chi connectivity index (χ4v) is 4.79. The molecule has 0 radical (unpaired) electrons. The Hall–Kier alpha value is -2.72. The van der Waals surface area contributed by atoms with Gasteiger partial charge in [-0.25, -0.2) is 14.4 Å². The van der Waals surface area contributed by atoms with Crippen molar-refractivity contribution in [1.29, 1.82) is 0 Å². The zero-order chi connectivity index (χ0) is 27.2. The molecule has 11 heteroatoms. The van der Waals surface area contributed by atoms with Crippen molar-refractivity contribution in [3.8, 4) is 0 Å². The van der Waals surface area contributed by atoms with E-state index in [4.69, 9.17) is 16.3 Å². The van der Waals surface area contributed by atoms with E-state index >= 15 is 0 Å². The number of hydrogen-bond acceptors (Lipinski definition) is 5. The van der Waals surface area contributed by atoms with Crippen LogP contribution in [0.5, 0.6) is 0 Å². The van der Waals surface area contributed by atoms with Crippen molar-refractivity contribution in [3.05, 3.63) is 34.9 Å². The summed E-state index contributed by atoms with van der Waals surface area (Å²) in [7, 11) is 4.53. The topological polar surface area (TPSA) is 120 Å². The summed E-state index contributed by atoms with van der Waals surface area (Å²) >= 11 is 6.18. The molecule has 0 aliphatic heterocycles. The Balaban J connectivity index is 1.96. The number of urea groups is 1. The van der Waals surface area contributed by atoms with Crippen LogP contribution in [0.4, 0.5) is 14.4 Å². The molecule has 2 atom stereocenters. The number of benzene rings is 1. The summed E-state index contributed by atoms with van der Waals surface area (Å²) in [6.45, 7) is 1.18. The van der Waals surface area contributed by atoms with Crippen LogP contribution in [-0.2, 0) is 9.47 Å². The van der Waals surface area contributed by atoms with Crippen LogP contribution in [0.15, 0.2) is 24.3 Å². The third-order valence-corrected chi connectivity index (χ3v) is 6.90. The summed E-state index contributed by atoms with van der Waals surface area (Å²) in [4.78, 5) is 38.5. The third kappa shape index (κ3) is 11.5. The van der Waals surface area contributed by atoms with Gasteiger partial charge in [0.25, 0.3) is 0 Å². The van der Waals surface area contributed by atoms with Gasteiger partial charge in [0.15, 0.2) is 0 Å². The van der Waals surface area contributed by atoms with E-state index in [0.717, 1.165) is 24.8 Å². The number of hydrogen-bond donors (Lipinski definition) is 3. The summed E-state index contributed by atoms with van der Waals surface area (Å²) in [5.74, 6) is 0.491. The molecule has 4 amide bonds. The monoisotopic (exact) mass is 540 g/mol. The maximum Gasteiger partial charge on any atom is 0.407 e. The first kappa shape index (κ1) is 30.5. The molecule has 1 aliphatic rings. The molecular weight excluding hydrogens is 500 g/mol. The average molecular weight is 541 g/mol. The number of nitrogens with one attached hydrogen (secondary N) is 2. The van der Waals surface area contributed by atoms with Crippen LogP contribution < -0.4 is 10.6 Å². The molecule has 3 N–H and O–H groups in total. The maximum atomic E-state index is 13.0. The summed E-state index contributed by atoms with van der Waals surface area (Å²) in [5.41, 5.74) is 0.873. The maximum absolute atomic E-state index is 13.0. The summed E-state index contributed by atoms with van der Waals surface area (Å²) < 4.78 is 10.6. The number of carboxylic acid groups (broad SMARTS) is 1. The lowest BCUT2D eigenvalue weighted by Gasteiger charge is -2.31. The Morgan fingerprint density at radius 3 is 2.54 bits per heavy atom. The largest absolute Gasteiger partial charge is 0.465 e. The van der Waals surface area contributed by atoms with Crippen LogP contribution in [-0.4, -0.2) is 86.6 Å². The molecule has 10 nitrogen and oxygen atoms in total. The minimum Gasteiger partial charge on any atom is -0.465 e. The van der Waals surface area contributed by atoms with Gasteiger partial charge in [-0.1, -0.05) is 55.8 Å². The fourth-order valence-electron chi connectivity index (χ4n) is 4.59. The quantitative estimate of drug-likeness (QED) is 0.311. The van der Waals surface area contributed by atoms with E-state index in [-0.39, 0.29) is 37.9 Å². The SMILES string of the molecule is COC(=O)NCCOC(CCN(C)C(=O)N[C@H](CC1CCCCC1)CN(C)C(=O)O)c1cccc(Cl)c1. The normalized spacial score (nSPS) is 15.4. The Bertz CT molecular complexity index is 867. The third-order valence-electron chi connectivity index (χ3n) is 6.66. The molecule has 0 aromatic heterocycles. The number of amides is 4. The Morgan fingerprint density at radius 1 is 1.16 bits per heavy atom. The van der Waals surface area contributed by atoms with Gasteiger partial charge in [0.05, 0.1) is 19.8 Å². The molecule has 0 heterocycles. The summed E-state index contributed by atoms with van der Waals surface area (Å²) in [6, 6.07) is 6.83. The Morgan fingerprint density at radius 2 is 1.89 bits per heavy atom. The second-order valence-corrected chi connectivity index (χ2v) is 10.0. The molecule has 1 aromatic carbocycles. The highest BCUT2D eigenvalue weighted by Gasteiger charge is 2.24. The minimum absolute atomic E-state index is 0.243. The lowest BCUT2D eigenvalue weighted by atomic mass is 9.84. The highest BCUT2D eigenvalue weighted by molar-refractivity contribution is 6.30. The molecule has 208 valence electrons. The molecule has 0 spiro atoms. The van der Waals surface area contributed by atoms with Gasteiger partial charge in [-0.2, -0.15) is 0 Å². The molecule has 1 fully saturated rings. The van der Waals surface area contributed by atoms with E-state index in [1.165, 1.54) is 38.3 Å². The number of methoxy groups -OCH3 is 1. The number of carbonyl (C=O) groups is 3. The molecule has 1 aliphatic carbocycles. The molecule has 1 unspecified atom stereocenters. The number of ether oxygens (including phenoxy) is 2. The zero-order valence-corrected chi connectivity index (χ0v) is 22.8. The number of likely N-dealkylation sites (N-methyl/N-ethyl adjacent to an activating group) is 1. The molecule has 37 heavy (non-hydrogen) atoms. The van der Waals surface area contributed by atoms with Crippen molar-refractivity contribution in [2.24, 2.45) is 5.92 Å².